The number of aliphatic carboxylic acids is 1. The summed E-state index contributed by atoms with van der Waals surface area (Å²) in [6, 6.07) is 0. The van der Waals surface area contributed by atoms with E-state index in [0.717, 1.165) is 11.0 Å². The molecule has 1 aliphatic rings. The van der Waals surface area contributed by atoms with Crippen molar-refractivity contribution in [2.45, 2.75) is 0 Å². The van der Waals surface area contributed by atoms with Crippen LogP contribution in [0.5, 0.6) is 0 Å². The molecule has 0 radical (unpaired) electrons. The molecule has 1 saturated heterocycles. The van der Waals surface area contributed by atoms with Crippen LogP contribution < -0.4 is 5.32 Å². The summed E-state index contributed by atoms with van der Waals surface area (Å²) >= 11 is 0. The highest BCUT2D eigenvalue weighted by molar-refractivity contribution is 6.04. The molecule has 0 spiro atoms. The van der Waals surface area contributed by atoms with Crippen LogP contribution in [0.2, 0.25) is 0 Å². The summed E-state index contributed by atoms with van der Waals surface area (Å²) in [5.41, 5.74) is 0. The van der Waals surface area contributed by atoms with Crippen molar-refractivity contribution in [3.8, 4) is 0 Å². The first kappa shape index (κ1) is 10.9. The molecule has 2 N–H and O–H groups in total. The second kappa shape index (κ2) is 4.36. The molecule has 0 bridgehead atoms. The fourth-order valence-corrected chi connectivity index (χ4v) is 1.04. The Morgan fingerprint density at radius 1 is 1.20 bits per heavy atom. The SMILES string of the molecule is O=C(O)C=CC(=O)N1CC(=O)NC(=O)C1. The van der Waals surface area contributed by atoms with Gasteiger partial charge in [0.25, 0.3) is 0 Å². The molecule has 7 heteroatoms. The third-order valence-electron chi connectivity index (χ3n) is 1.63. The van der Waals surface area contributed by atoms with Gasteiger partial charge in [-0.15, -0.1) is 0 Å². The number of carbonyl (C=O) groups is 4. The summed E-state index contributed by atoms with van der Waals surface area (Å²) in [5.74, 6) is -3.11. The molecule has 0 unspecified atom stereocenters. The summed E-state index contributed by atoms with van der Waals surface area (Å²) in [7, 11) is 0. The minimum atomic E-state index is -1.27. The number of nitrogens with zero attached hydrogens (tertiary/aromatic N) is 1. The molecule has 1 aliphatic heterocycles. The van der Waals surface area contributed by atoms with Crippen LogP contribution in [0.3, 0.4) is 0 Å². The van der Waals surface area contributed by atoms with E-state index in [1.807, 2.05) is 5.32 Å². The van der Waals surface area contributed by atoms with Gasteiger partial charge in [0.1, 0.15) is 13.1 Å². The Bertz CT molecular complexity index is 344. The minimum absolute atomic E-state index is 0.242. The zero-order valence-electron chi connectivity index (χ0n) is 7.60. The molecular formula is C8H8N2O5. The van der Waals surface area contributed by atoms with Gasteiger partial charge < -0.3 is 10.0 Å². The van der Waals surface area contributed by atoms with E-state index < -0.39 is 23.7 Å². The van der Waals surface area contributed by atoms with Crippen LogP contribution in [-0.4, -0.2) is 46.8 Å². The first-order valence-corrected chi connectivity index (χ1v) is 4.01. The normalized spacial score (nSPS) is 16.7. The van der Waals surface area contributed by atoms with Gasteiger partial charge in [-0.3, -0.25) is 19.7 Å². The van der Waals surface area contributed by atoms with Crippen molar-refractivity contribution in [1.82, 2.24) is 10.2 Å². The minimum Gasteiger partial charge on any atom is -0.478 e. The molecule has 80 valence electrons. The van der Waals surface area contributed by atoms with Gasteiger partial charge in [-0.1, -0.05) is 0 Å². The number of nitrogens with one attached hydrogen (secondary N) is 1. The lowest BCUT2D eigenvalue weighted by atomic mass is 10.3. The molecular weight excluding hydrogens is 204 g/mol. The molecule has 0 saturated carbocycles. The lowest BCUT2D eigenvalue weighted by Crippen LogP contribution is -2.53. The van der Waals surface area contributed by atoms with E-state index in [0.29, 0.717) is 6.08 Å². The van der Waals surface area contributed by atoms with Gasteiger partial charge >= 0.3 is 5.97 Å². The molecule has 0 aromatic heterocycles. The van der Waals surface area contributed by atoms with Crippen LogP contribution in [0.25, 0.3) is 0 Å². The molecule has 1 heterocycles. The molecule has 15 heavy (non-hydrogen) atoms. The molecule has 7 nitrogen and oxygen atoms in total. The van der Waals surface area contributed by atoms with Crippen molar-refractivity contribution in [2.24, 2.45) is 0 Å². The number of imide groups is 1. The van der Waals surface area contributed by atoms with Gasteiger partial charge in [-0.05, 0) is 0 Å². The quantitative estimate of drug-likeness (QED) is 0.411. The maximum Gasteiger partial charge on any atom is 0.328 e. The summed E-state index contributed by atoms with van der Waals surface area (Å²) < 4.78 is 0. The topological polar surface area (TPSA) is 104 Å². The predicted molar refractivity (Wildman–Crippen MR) is 46.5 cm³/mol. The number of hydrogen-bond acceptors (Lipinski definition) is 4. The highest BCUT2D eigenvalue weighted by atomic mass is 16.4. The van der Waals surface area contributed by atoms with E-state index in [2.05, 4.69) is 0 Å². The maximum atomic E-state index is 11.2. The number of carboxylic acid groups (broad SMARTS) is 1. The Hall–Kier alpha value is -2.18. The van der Waals surface area contributed by atoms with Crippen molar-refractivity contribution in [1.29, 1.82) is 0 Å². The molecule has 0 aromatic carbocycles. The standard InChI is InChI=1S/C8H8N2O5/c11-5-3-10(4-6(12)9-5)7(13)1-2-8(14)15/h1-2H,3-4H2,(H,14,15)(H,9,11,12). The maximum absolute atomic E-state index is 11.2. The predicted octanol–water partition coefficient (Wildman–Crippen LogP) is -1.89. The third-order valence-corrected chi connectivity index (χ3v) is 1.63. The second-order valence-electron chi connectivity index (χ2n) is 2.84. The first-order chi connectivity index (χ1) is 6.99. The van der Waals surface area contributed by atoms with Crippen molar-refractivity contribution in [2.75, 3.05) is 13.1 Å². The molecule has 0 atom stereocenters. The number of carbonyl (C=O) groups excluding carboxylic acids is 3. The van der Waals surface area contributed by atoms with Gasteiger partial charge in [0.2, 0.25) is 17.7 Å². The largest absolute Gasteiger partial charge is 0.478 e. The first-order valence-electron chi connectivity index (χ1n) is 4.01. The Morgan fingerprint density at radius 2 is 1.73 bits per heavy atom. The van der Waals surface area contributed by atoms with Crippen LogP contribution in [0, 0.1) is 0 Å². The fraction of sp³-hybridized carbons (Fsp3) is 0.250. The number of piperazine rings is 1. The molecule has 0 aliphatic carbocycles. The average Bonchev–Trinajstić information content (AvgIpc) is 2.12. The number of hydrogen-bond donors (Lipinski definition) is 2. The summed E-state index contributed by atoms with van der Waals surface area (Å²) in [5, 5.41) is 10.3. The van der Waals surface area contributed by atoms with E-state index in [4.69, 9.17) is 5.11 Å². The van der Waals surface area contributed by atoms with Crippen LogP contribution in [0.4, 0.5) is 0 Å². The Kier molecular flexibility index (Phi) is 3.17. The zero-order valence-corrected chi connectivity index (χ0v) is 7.60. The van der Waals surface area contributed by atoms with Crippen molar-refractivity contribution in [3.05, 3.63) is 12.2 Å². The van der Waals surface area contributed by atoms with Crippen LogP contribution in [-0.2, 0) is 19.2 Å². The smallest absolute Gasteiger partial charge is 0.328 e. The number of rotatable bonds is 2. The third kappa shape index (κ3) is 3.22. The van der Waals surface area contributed by atoms with Gasteiger partial charge in [0, 0.05) is 12.2 Å². The fourth-order valence-electron chi connectivity index (χ4n) is 1.04. The van der Waals surface area contributed by atoms with E-state index in [1.165, 1.54) is 0 Å². The second-order valence-corrected chi connectivity index (χ2v) is 2.84. The average molecular weight is 212 g/mol. The molecule has 0 aromatic rings. The zero-order chi connectivity index (χ0) is 11.4. The van der Waals surface area contributed by atoms with Crippen LogP contribution >= 0.6 is 0 Å². The summed E-state index contributed by atoms with van der Waals surface area (Å²) in [6.45, 7) is -0.483. The van der Waals surface area contributed by atoms with Gasteiger partial charge in [0.15, 0.2) is 0 Å². The number of amides is 3. The lowest BCUT2D eigenvalue weighted by Gasteiger charge is -2.23. The highest BCUT2D eigenvalue weighted by Gasteiger charge is 2.24. The lowest BCUT2D eigenvalue weighted by molar-refractivity contribution is -0.143. The van der Waals surface area contributed by atoms with Gasteiger partial charge in [0.05, 0.1) is 0 Å². The van der Waals surface area contributed by atoms with E-state index in [1.54, 1.807) is 0 Å². The van der Waals surface area contributed by atoms with Crippen molar-refractivity contribution in [3.63, 3.8) is 0 Å². The van der Waals surface area contributed by atoms with Crippen LogP contribution in [0.15, 0.2) is 12.2 Å². The Balaban J connectivity index is 2.63. The summed E-state index contributed by atoms with van der Waals surface area (Å²) in [4.78, 5) is 44.0. The Morgan fingerprint density at radius 3 is 2.20 bits per heavy atom. The van der Waals surface area contributed by atoms with Crippen molar-refractivity contribution < 1.29 is 24.3 Å². The van der Waals surface area contributed by atoms with E-state index in [-0.39, 0.29) is 13.1 Å². The number of carboxylic acids is 1. The van der Waals surface area contributed by atoms with E-state index in [9.17, 15) is 19.2 Å². The highest BCUT2D eigenvalue weighted by Crippen LogP contribution is 1.96. The summed E-state index contributed by atoms with van der Waals surface area (Å²) in [6.07, 6.45) is 1.45. The molecule has 3 amide bonds. The Labute approximate surface area is 84.3 Å². The van der Waals surface area contributed by atoms with Gasteiger partial charge in [-0.25, -0.2) is 4.79 Å². The monoisotopic (exact) mass is 212 g/mol. The van der Waals surface area contributed by atoms with Gasteiger partial charge in [-0.2, -0.15) is 0 Å². The van der Waals surface area contributed by atoms with Crippen LogP contribution in [0.1, 0.15) is 0 Å². The molecule has 1 rings (SSSR count). The van der Waals surface area contributed by atoms with Crippen molar-refractivity contribution >= 4 is 23.7 Å². The van der Waals surface area contributed by atoms with E-state index >= 15 is 0 Å². The molecule has 1 fully saturated rings.